The van der Waals surface area contributed by atoms with E-state index in [1.807, 2.05) is 0 Å². The van der Waals surface area contributed by atoms with Crippen LogP contribution in [0.2, 0.25) is 13.1 Å². The number of aromatic nitrogens is 1. The SMILES string of the molecule is C[Si]1(C)c2ccccc2-c2cc3c(ccc4c5ccccc5n(-c5ccccc5)c34)cc21. The molecule has 0 amide bonds. The van der Waals surface area contributed by atoms with E-state index in [4.69, 9.17) is 0 Å². The molecule has 5 aromatic carbocycles. The normalized spacial score (nSPS) is 14.2. The molecule has 2 heteroatoms. The molecule has 0 bridgehead atoms. The second kappa shape index (κ2) is 6.21. The van der Waals surface area contributed by atoms with E-state index in [2.05, 4.69) is 121 Å². The summed E-state index contributed by atoms with van der Waals surface area (Å²) in [7, 11) is -1.68. The molecule has 0 spiro atoms. The molecule has 0 saturated heterocycles. The Labute approximate surface area is 188 Å². The van der Waals surface area contributed by atoms with Crippen LogP contribution in [-0.2, 0) is 0 Å². The first-order chi connectivity index (χ1) is 15.6. The molecule has 1 aliphatic rings. The lowest BCUT2D eigenvalue weighted by atomic mass is 9.99. The molecule has 1 nitrogen and oxygen atoms in total. The maximum atomic E-state index is 2.49. The molecule has 0 atom stereocenters. The van der Waals surface area contributed by atoms with E-state index in [0.29, 0.717) is 0 Å². The van der Waals surface area contributed by atoms with Crippen LogP contribution in [0, 0.1) is 0 Å². The van der Waals surface area contributed by atoms with Gasteiger partial charge in [-0.3, -0.25) is 0 Å². The van der Waals surface area contributed by atoms with Crippen LogP contribution < -0.4 is 10.4 Å². The second-order valence-corrected chi connectivity index (χ2v) is 13.8. The zero-order chi connectivity index (χ0) is 21.4. The van der Waals surface area contributed by atoms with Crippen LogP contribution in [0.25, 0.3) is 49.4 Å². The fourth-order valence-electron chi connectivity index (χ4n) is 5.82. The molecule has 32 heavy (non-hydrogen) atoms. The van der Waals surface area contributed by atoms with Crippen LogP contribution in [0.5, 0.6) is 0 Å². The average Bonchev–Trinajstić information content (AvgIpc) is 3.29. The van der Waals surface area contributed by atoms with E-state index in [1.54, 1.807) is 10.4 Å². The van der Waals surface area contributed by atoms with E-state index in [0.717, 1.165) is 0 Å². The fourth-order valence-corrected chi connectivity index (χ4v) is 8.92. The van der Waals surface area contributed by atoms with Crippen molar-refractivity contribution in [1.29, 1.82) is 0 Å². The lowest BCUT2D eigenvalue weighted by molar-refractivity contribution is 1.19. The maximum absolute atomic E-state index is 2.49. The number of rotatable bonds is 1. The predicted molar refractivity (Wildman–Crippen MR) is 140 cm³/mol. The quantitative estimate of drug-likeness (QED) is 0.257. The molecular formula is C30H23NSi. The van der Waals surface area contributed by atoms with E-state index < -0.39 is 8.07 Å². The summed E-state index contributed by atoms with van der Waals surface area (Å²) in [6, 6.07) is 38.2. The van der Waals surface area contributed by atoms with Crippen molar-refractivity contribution in [3.8, 4) is 16.8 Å². The minimum Gasteiger partial charge on any atom is -0.309 e. The van der Waals surface area contributed by atoms with Gasteiger partial charge in [0.2, 0.25) is 0 Å². The van der Waals surface area contributed by atoms with Gasteiger partial charge in [0.1, 0.15) is 8.07 Å². The molecular weight excluding hydrogens is 402 g/mol. The molecule has 0 N–H and O–H groups in total. The van der Waals surface area contributed by atoms with Gasteiger partial charge >= 0.3 is 0 Å². The first kappa shape index (κ1) is 18.0. The van der Waals surface area contributed by atoms with Gasteiger partial charge < -0.3 is 4.57 Å². The Kier molecular flexibility index (Phi) is 3.49. The van der Waals surface area contributed by atoms with Crippen LogP contribution in [0.15, 0.2) is 103 Å². The highest BCUT2D eigenvalue weighted by atomic mass is 28.3. The second-order valence-electron chi connectivity index (χ2n) is 9.44. The minimum absolute atomic E-state index is 1.21. The third-order valence-electron chi connectivity index (χ3n) is 7.37. The van der Waals surface area contributed by atoms with Crippen molar-refractivity contribution in [2.75, 3.05) is 0 Å². The van der Waals surface area contributed by atoms with Crippen molar-refractivity contribution in [2.24, 2.45) is 0 Å². The molecule has 0 unspecified atom stereocenters. The number of nitrogens with zero attached hydrogens (tertiary/aromatic N) is 1. The number of hydrogen-bond donors (Lipinski definition) is 0. The largest absolute Gasteiger partial charge is 0.309 e. The summed E-state index contributed by atoms with van der Waals surface area (Å²) in [5, 5.41) is 8.43. The Morgan fingerprint density at radius 1 is 0.562 bits per heavy atom. The third kappa shape index (κ3) is 2.22. The molecule has 0 radical (unpaired) electrons. The zero-order valence-electron chi connectivity index (χ0n) is 18.3. The first-order valence-corrected chi connectivity index (χ1v) is 14.3. The van der Waals surface area contributed by atoms with Gasteiger partial charge in [-0.1, -0.05) is 92.0 Å². The third-order valence-corrected chi connectivity index (χ3v) is 10.9. The van der Waals surface area contributed by atoms with Gasteiger partial charge in [-0.05, 0) is 51.2 Å². The smallest absolute Gasteiger partial charge is 0.113 e. The van der Waals surface area contributed by atoms with Crippen LogP contribution in [0.1, 0.15) is 0 Å². The Morgan fingerprint density at radius 2 is 1.31 bits per heavy atom. The summed E-state index contributed by atoms with van der Waals surface area (Å²) in [5.41, 5.74) is 6.64. The molecule has 0 fully saturated rings. The summed E-state index contributed by atoms with van der Waals surface area (Å²) in [6.45, 7) is 4.98. The molecule has 0 saturated carbocycles. The predicted octanol–water partition coefficient (Wildman–Crippen LogP) is 6.74. The zero-order valence-corrected chi connectivity index (χ0v) is 19.3. The number of para-hydroxylation sites is 2. The fraction of sp³-hybridized carbons (Fsp3) is 0.0667. The Hall–Kier alpha value is -3.62. The van der Waals surface area contributed by atoms with Crippen molar-refractivity contribution in [3.05, 3.63) is 103 Å². The first-order valence-electron chi connectivity index (χ1n) is 11.3. The van der Waals surface area contributed by atoms with Crippen molar-refractivity contribution >= 4 is 51.0 Å². The molecule has 1 aromatic heterocycles. The Bertz CT molecular complexity index is 1690. The summed E-state index contributed by atoms with van der Waals surface area (Å²) >= 11 is 0. The standard InChI is InChI=1S/C30H23NSi/c1-32(2)28-15-9-7-13-23(28)26-19-25-20(18-29(26)32)16-17-24-22-12-6-8-14-27(22)31(30(24)25)21-10-4-3-5-11-21/h3-19H,1-2H3. The van der Waals surface area contributed by atoms with Crippen LogP contribution in [-0.4, -0.2) is 12.6 Å². The highest BCUT2D eigenvalue weighted by Crippen LogP contribution is 2.39. The Morgan fingerprint density at radius 3 is 2.19 bits per heavy atom. The van der Waals surface area contributed by atoms with Crippen molar-refractivity contribution in [1.82, 2.24) is 4.57 Å². The van der Waals surface area contributed by atoms with Crippen molar-refractivity contribution < 1.29 is 0 Å². The van der Waals surface area contributed by atoms with Crippen molar-refractivity contribution in [3.63, 3.8) is 0 Å². The highest BCUT2D eigenvalue weighted by molar-refractivity contribution is 7.04. The van der Waals surface area contributed by atoms with Gasteiger partial charge in [0.25, 0.3) is 0 Å². The lowest BCUT2D eigenvalue weighted by Crippen LogP contribution is -2.49. The van der Waals surface area contributed by atoms with Gasteiger partial charge in [0.05, 0.1) is 11.0 Å². The molecule has 0 aliphatic carbocycles. The monoisotopic (exact) mass is 425 g/mol. The lowest BCUT2D eigenvalue weighted by Gasteiger charge is -2.19. The van der Waals surface area contributed by atoms with E-state index in [9.17, 15) is 0 Å². The number of fused-ring (bicyclic) bond motifs is 8. The molecule has 6 aromatic rings. The van der Waals surface area contributed by atoms with Gasteiger partial charge in [-0.2, -0.15) is 0 Å². The van der Waals surface area contributed by atoms with Gasteiger partial charge in [0.15, 0.2) is 0 Å². The summed E-state index contributed by atoms with van der Waals surface area (Å²) in [4.78, 5) is 0. The van der Waals surface area contributed by atoms with Gasteiger partial charge in [0, 0.05) is 21.8 Å². The van der Waals surface area contributed by atoms with Crippen LogP contribution in [0.3, 0.4) is 0 Å². The average molecular weight is 426 g/mol. The number of hydrogen-bond acceptors (Lipinski definition) is 0. The molecule has 2 heterocycles. The van der Waals surface area contributed by atoms with Crippen molar-refractivity contribution in [2.45, 2.75) is 13.1 Å². The van der Waals surface area contributed by atoms with Crippen LogP contribution >= 0.6 is 0 Å². The summed E-state index contributed by atoms with van der Waals surface area (Å²) in [6.07, 6.45) is 0. The molecule has 7 rings (SSSR count). The van der Waals surface area contributed by atoms with Gasteiger partial charge in [-0.25, -0.2) is 0 Å². The highest BCUT2D eigenvalue weighted by Gasteiger charge is 2.37. The summed E-state index contributed by atoms with van der Waals surface area (Å²) < 4.78 is 2.45. The maximum Gasteiger partial charge on any atom is 0.113 e. The molecule has 1 aliphatic heterocycles. The van der Waals surface area contributed by atoms with Gasteiger partial charge in [-0.15, -0.1) is 0 Å². The summed E-state index contributed by atoms with van der Waals surface area (Å²) in [5.74, 6) is 0. The molecule has 152 valence electrons. The number of benzene rings is 5. The van der Waals surface area contributed by atoms with E-state index in [1.165, 1.54) is 49.4 Å². The van der Waals surface area contributed by atoms with E-state index in [-0.39, 0.29) is 0 Å². The minimum atomic E-state index is -1.68. The van der Waals surface area contributed by atoms with Crippen LogP contribution in [0.4, 0.5) is 0 Å². The van der Waals surface area contributed by atoms with E-state index >= 15 is 0 Å². The topological polar surface area (TPSA) is 4.93 Å². The Balaban J connectivity index is 1.69.